The van der Waals surface area contributed by atoms with Crippen molar-refractivity contribution in [2.24, 2.45) is 0 Å². The van der Waals surface area contributed by atoms with E-state index in [1.807, 2.05) is 48.5 Å². The van der Waals surface area contributed by atoms with Gasteiger partial charge in [-0.05, 0) is 35.4 Å². The van der Waals surface area contributed by atoms with Crippen molar-refractivity contribution >= 4 is 27.5 Å². The van der Waals surface area contributed by atoms with Gasteiger partial charge in [-0.15, -0.1) is 0 Å². The third-order valence-electron chi connectivity index (χ3n) is 3.31. The fourth-order valence-corrected chi connectivity index (χ4v) is 2.94. The van der Waals surface area contributed by atoms with Crippen LogP contribution in [0.5, 0.6) is 0 Å². The van der Waals surface area contributed by atoms with Crippen LogP contribution in [0, 0.1) is 5.82 Å². The van der Waals surface area contributed by atoms with Crippen LogP contribution < -0.4 is 0 Å². The summed E-state index contributed by atoms with van der Waals surface area (Å²) < 4.78 is 15.0. The van der Waals surface area contributed by atoms with Gasteiger partial charge in [-0.25, -0.2) is 4.39 Å². The number of benzene rings is 3. The van der Waals surface area contributed by atoms with E-state index in [1.54, 1.807) is 12.1 Å². The summed E-state index contributed by atoms with van der Waals surface area (Å²) in [7, 11) is 0. The maximum Gasteiger partial charge on any atom is 0.131 e. The van der Waals surface area contributed by atoms with Gasteiger partial charge in [0.2, 0.25) is 0 Å². The first kappa shape index (κ1) is 14.3. The van der Waals surface area contributed by atoms with Gasteiger partial charge in [0.1, 0.15) is 5.82 Å². The summed E-state index contributed by atoms with van der Waals surface area (Å²) in [5, 5.41) is 0.653. The predicted octanol–water partition coefficient (Wildman–Crippen LogP) is 6.58. The monoisotopic (exact) mass is 360 g/mol. The van der Waals surface area contributed by atoms with Gasteiger partial charge in [-0.3, -0.25) is 0 Å². The fraction of sp³-hybridized carbons (Fsp3) is 0. The minimum Gasteiger partial charge on any atom is -0.206 e. The summed E-state index contributed by atoms with van der Waals surface area (Å²) in [4.78, 5) is 0. The molecule has 0 aliphatic carbocycles. The third kappa shape index (κ3) is 2.87. The Kier molecular flexibility index (Phi) is 4.09. The van der Waals surface area contributed by atoms with Crippen molar-refractivity contribution in [2.75, 3.05) is 0 Å². The molecule has 3 aromatic carbocycles. The number of hydrogen-bond donors (Lipinski definition) is 0. The molecule has 0 unspecified atom stereocenters. The first-order valence-corrected chi connectivity index (χ1v) is 7.63. The van der Waals surface area contributed by atoms with Crippen LogP contribution in [0.15, 0.2) is 71.2 Å². The van der Waals surface area contributed by atoms with Crippen LogP contribution in [0.4, 0.5) is 4.39 Å². The van der Waals surface area contributed by atoms with Crippen LogP contribution in [0.1, 0.15) is 0 Å². The quantitative estimate of drug-likeness (QED) is 0.484. The third-order valence-corrected chi connectivity index (χ3v) is 4.13. The Balaban J connectivity index is 2.26. The van der Waals surface area contributed by atoms with Crippen molar-refractivity contribution in [3.8, 4) is 22.3 Å². The second-order valence-corrected chi connectivity index (χ2v) is 5.97. The van der Waals surface area contributed by atoms with Crippen LogP contribution in [0.2, 0.25) is 5.02 Å². The molecule has 3 heteroatoms. The van der Waals surface area contributed by atoms with Crippen molar-refractivity contribution in [1.29, 1.82) is 0 Å². The predicted molar refractivity (Wildman–Crippen MR) is 90.0 cm³/mol. The minimum absolute atomic E-state index is 0.252. The van der Waals surface area contributed by atoms with Crippen LogP contribution >= 0.6 is 27.5 Å². The summed E-state index contributed by atoms with van der Waals surface area (Å²) in [6.45, 7) is 0. The normalized spacial score (nSPS) is 10.6. The second-order valence-electron chi connectivity index (χ2n) is 4.65. The maximum atomic E-state index is 14.2. The highest BCUT2D eigenvalue weighted by Gasteiger charge is 2.13. The zero-order valence-corrected chi connectivity index (χ0v) is 13.3. The molecule has 0 saturated carbocycles. The molecule has 0 nitrogen and oxygen atoms in total. The summed E-state index contributed by atoms with van der Waals surface area (Å²) in [5.74, 6) is -0.252. The Labute approximate surface area is 136 Å². The van der Waals surface area contributed by atoms with Gasteiger partial charge in [0.25, 0.3) is 0 Å². The van der Waals surface area contributed by atoms with E-state index < -0.39 is 0 Å². The number of rotatable bonds is 2. The number of halogens is 3. The lowest BCUT2D eigenvalue weighted by Gasteiger charge is -2.12. The topological polar surface area (TPSA) is 0 Å². The molecule has 0 N–H and O–H groups in total. The molecule has 0 amide bonds. The van der Waals surface area contributed by atoms with E-state index in [0.717, 1.165) is 21.2 Å². The lowest BCUT2D eigenvalue weighted by molar-refractivity contribution is 0.631. The molecule has 3 aromatic rings. The highest BCUT2D eigenvalue weighted by Crippen LogP contribution is 2.37. The molecule has 0 aromatic heterocycles. The van der Waals surface area contributed by atoms with Gasteiger partial charge in [0.15, 0.2) is 0 Å². The van der Waals surface area contributed by atoms with Gasteiger partial charge < -0.3 is 0 Å². The molecule has 0 aliphatic rings. The van der Waals surface area contributed by atoms with Crippen molar-refractivity contribution in [1.82, 2.24) is 0 Å². The summed E-state index contributed by atoms with van der Waals surface area (Å²) in [6, 6.07) is 20.2. The van der Waals surface area contributed by atoms with Crippen LogP contribution in [0.3, 0.4) is 0 Å². The van der Waals surface area contributed by atoms with Crippen LogP contribution in [-0.2, 0) is 0 Å². The Hall–Kier alpha value is -1.64. The average molecular weight is 362 g/mol. The molecule has 3 rings (SSSR count). The van der Waals surface area contributed by atoms with E-state index in [2.05, 4.69) is 15.9 Å². The van der Waals surface area contributed by atoms with E-state index in [9.17, 15) is 4.39 Å². The Morgan fingerprint density at radius 1 is 0.714 bits per heavy atom. The van der Waals surface area contributed by atoms with E-state index in [0.29, 0.717) is 10.6 Å². The van der Waals surface area contributed by atoms with Crippen LogP contribution in [0.25, 0.3) is 22.3 Å². The van der Waals surface area contributed by atoms with E-state index in [1.165, 1.54) is 6.07 Å². The largest absolute Gasteiger partial charge is 0.206 e. The van der Waals surface area contributed by atoms with Crippen molar-refractivity contribution in [3.63, 3.8) is 0 Å². The molecule has 104 valence electrons. The van der Waals surface area contributed by atoms with Gasteiger partial charge in [0, 0.05) is 20.6 Å². The molecule has 0 aliphatic heterocycles. The second kappa shape index (κ2) is 6.00. The van der Waals surface area contributed by atoms with Gasteiger partial charge in [0.05, 0.1) is 0 Å². The SMILES string of the molecule is Fc1ccc(Br)cc1-c1ccccc1-c1ccccc1Cl. The van der Waals surface area contributed by atoms with Gasteiger partial charge in [-0.2, -0.15) is 0 Å². The minimum atomic E-state index is -0.252. The van der Waals surface area contributed by atoms with Crippen molar-refractivity contribution in [2.45, 2.75) is 0 Å². The summed E-state index contributed by atoms with van der Waals surface area (Å²) in [6.07, 6.45) is 0. The highest BCUT2D eigenvalue weighted by molar-refractivity contribution is 9.10. The Bertz CT molecular complexity index is 799. The Morgan fingerprint density at radius 3 is 1.95 bits per heavy atom. The first-order valence-electron chi connectivity index (χ1n) is 6.46. The van der Waals surface area contributed by atoms with Gasteiger partial charge in [-0.1, -0.05) is 70.0 Å². The van der Waals surface area contributed by atoms with E-state index >= 15 is 0 Å². The zero-order valence-electron chi connectivity index (χ0n) is 11.0. The van der Waals surface area contributed by atoms with Gasteiger partial charge >= 0.3 is 0 Å². The molecule has 0 saturated heterocycles. The van der Waals surface area contributed by atoms with E-state index in [4.69, 9.17) is 11.6 Å². The standard InChI is InChI=1S/C18H11BrClF/c19-12-9-10-18(21)16(11-12)14-6-2-1-5-13(14)15-7-3-4-8-17(15)20/h1-11H. The fourth-order valence-electron chi connectivity index (χ4n) is 2.34. The lowest BCUT2D eigenvalue weighted by Crippen LogP contribution is -1.89. The molecule has 0 heterocycles. The molecule has 0 radical (unpaired) electrons. The zero-order chi connectivity index (χ0) is 14.8. The molecule has 0 spiro atoms. The molecular weight excluding hydrogens is 351 g/mol. The summed E-state index contributed by atoms with van der Waals surface area (Å²) in [5.41, 5.74) is 3.19. The molecule has 21 heavy (non-hydrogen) atoms. The maximum absolute atomic E-state index is 14.2. The average Bonchev–Trinajstić information content (AvgIpc) is 2.50. The molecule has 0 fully saturated rings. The highest BCUT2D eigenvalue weighted by atomic mass is 79.9. The number of hydrogen-bond acceptors (Lipinski definition) is 0. The summed E-state index contributed by atoms with van der Waals surface area (Å²) >= 11 is 9.68. The lowest BCUT2D eigenvalue weighted by atomic mass is 9.94. The van der Waals surface area contributed by atoms with Crippen molar-refractivity contribution < 1.29 is 4.39 Å². The Morgan fingerprint density at radius 2 is 1.29 bits per heavy atom. The first-order chi connectivity index (χ1) is 10.2. The van der Waals surface area contributed by atoms with Crippen molar-refractivity contribution in [3.05, 3.63) is 82.0 Å². The molecule has 0 atom stereocenters. The van der Waals surface area contributed by atoms with E-state index in [-0.39, 0.29) is 5.82 Å². The smallest absolute Gasteiger partial charge is 0.131 e. The van der Waals surface area contributed by atoms with Crippen LogP contribution in [-0.4, -0.2) is 0 Å². The molecular formula is C18H11BrClF. The molecule has 0 bridgehead atoms.